The zero-order valence-corrected chi connectivity index (χ0v) is 12.7. The summed E-state index contributed by atoms with van der Waals surface area (Å²) in [6.45, 7) is 1.74. The van der Waals surface area contributed by atoms with E-state index in [0.29, 0.717) is 5.69 Å². The molecule has 3 N–H and O–H groups in total. The Labute approximate surface area is 126 Å². The quantitative estimate of drug-likeness (QED) is 0.778. The summed E-state index contributed by atoms with van der Waals surface area (Å²) in [4.78, 5) is 23.6. The maximum absolute atomic E-state index is 11.9. The molecule has 1 aromatic rings. The van der Waals surface area contributed by atoms with Gasteiger partial charge in [-0.3, -0.25) is 9.59 Å². The van der Waals surface area contributed by atoms with Crippen molar-refractivity contribution in [1.29, 1.82) is 0 Å². The fourth-order valence-corrected chi connectivity index (χ4v) is 2.40. The molecular weight excluding hydrogens is 322 g/mol. The number of nitrogens with one attached hydrogen (secondary N) is 3. The Hall–Kier alpha value is -1.40. The minimum atomic E-state index is -0.213. The second-order valence-corrected chi connectivity index (χ2v) is 5.71. The van der Waals surface area contributed by atoms with E-state index in [1.807, 2.05) is 12.1 Å². The second kappa shape index (κ2) is 7.40. The number of anilines is 1. The lowest BCUT2D eigenvalue weighted by Crippen LogP contribution is -2.41. The molecule has 5 nitrogen and oxygen atoms in total. The third-order valence-corrected chi connectivity index (χ3v) is 3.79. The molecule has 0 atom stereocenters. The van der Waals surface area contributed by atoms with Crippen LogP contribution >= 0.6 is 15.9 Å². The van der Waals surface area contributed by atoms with Crippen molar-refractivity contribution >= 4 is 33.4 Å². The van der Waals surface area contributed by atoms with Gasteiger partial charge in [0.1, 0.15) is 0 Å². The summed E-state index contributed by atoms with van der Waals surface area (Å²) in [6, 6.07) is 7.31. The van der Waals surface area contributed by atoms with Crippen molar-refractivity contribution in [2.45, 2.75) is 12.8 Å². The van der Waals surface area contributed by atoms with Crippen LogP contribution in [0.15, 0.2) is 28.7 Å². The van der Waals surface area contributed by atoms with Gasteiger partial charge in [-0.1, -0.05) is 15.9 Å². The molecule has 2 rings (SSSR count). The number of benzene rings is 1. The van der Waals surface area contributed by atoms with Crippen LogP contribution in [0.3, 0.4) is 0 Å². The van der Waals surface area contributed by atoms with Crippen LogP contribution in [0.25, 0.3) is 0 Å². The van der Waals surface area contributed by atoms with Crippen LogP contribution in [0.4, 0.5) is 5.69 Å². The van der Waals surface area contributed by atoms with Crippen molar-refractivity contribution in [3.05, 3.63) is 28.7 Å². The highest BCUT2D eigenvalue weighted by Crippen LogP contribution is 2.14. The fraction of sp³-hybridized carbons (Fsp3) is 0.429. The third kappa shape index (κ3) is 4.61. The van der Waals surface area contributed by atoms with Crippen LogP contribution in [-0.2, 0) is 9.59 Å². The van der Waals surface area contributed by atoms with E-state index >= 15 is 0 Å². The molecule has 1 fully saturated rings. The standard InChI is InChI=1S/C14H18BrN3O2/c15-11-1-3-12(4-2-11)18-13(19)9-17-14(20)10-5-7-16-8-6-10/h1-4,10,16H,5-9H2,(H,17,20)(H,18,19). The highest BCUT2D eigenvalue weighted by molar-refractivity contribution is 9.10. The van der Waals surface area contributed by atoms with Crippen molar-refractivity contribution in [3.63, 3.8) is 0 Å². The number of rotatable bonds is 4. The second-order valence-electron chi connectivity index (χ2n) is 4.80. The maximum atomic E-state index is 11.9. The van der Waals surface area contributed by atoms with Gasteiger partial charge in [0.2, 0.25) is 11.8 Å². The predicted octanol–water partition coefficient (Wildman–Crippen LogP) is 1.50. The van der Waals surface area contributed by atoms with Crippen LogP contribution in [-0.4, -0.2) is 31.4 Å². The molecule has 1 saturated heterocycles. The lowest BCUT2D eigenvalue weighted by molar-refractivity contribution is -0.127. The molecule has 2 amide bonds. The van der Waals surface area contributed by atoms with Crippen molar-refractivity contribution in [1.82, 2.24) is 10.6 Å². The molecule has 0 spiro atoms. The van der Waals surface area contributed by atoms with Gasteiger partial charge in [-0.25, -0.2) is 0 Å². The Bertz CT molecular complexity index is 470. The average molecular weight is 340 g/mol. The summed E-state index contributed by atoms with van der Waals surface area (Å²) in [7, 11) is 0. The normalized spacial score (nSPS) is 15.7. The number of amides is 2. The Kier molecular flexibility index (Phi) is 5.55. The first-order valence-electron chi connectivity index (χ1n) is 6.69. The highest BCUT2D eigenvalue weighted by Gasteiger charge is 2.20. The molecule has 0 unspecified atom stereocenters. The molecule has 1 aliphatic heterocycles. The van der Waals surface area contributed by atoms with Gasteiger partial charge in [0.15, 0.2) is 0 Å². The molecule has 1 aliphatic rings. The summed E-state index contributed by atoms with van der Waals surface area (Å²) in [5, 5.41) is 8.64. The van der Waals surface area contributed by atoms with Gasteiger partial charge >= 0.3 is 0 Å². The molecular formula is C14H18BrN3O2. The molecule has 1 heterocycles. The van der Waals surface area contributed by atoms with Gasteiger partial charge in [-0.2, -0.15) is 0 Å². The van der Waals surface area contributed by atoms with E-state index in [1.165, 1.54) is 0 Å². The zero-order valence-electron chi connectivity index (χ0n) is 11.1. The van der Waals surface area contributed by atoms with Gasteiger partial charge in [0.05, 0.1) is 6.54 Å². The number of halogens is 1. The topological polar surface area (TPSA) is 70.2 Å². The van der Waals surface area contributed by atoms with E-state index in [9.17, 15) is 9.59 Å². The average Bonchev–Trinajstić information content (AvgIpc) is 2.48. The van der Waals surface area contributed by atoms with E-state index in [0.717, 1.165) is 30.4 Å². The first kappa shape index (κ1) is 15.0. The molecule has 0 aromatic heterocycles. The molecule has 1 aromatic carbocycles. The summed E-state index contributed by atoms with van der Waals surface area (Å²) < 4.78 is 0.953. The first-order chi connectivity index (χ1) is 9.65. The summed E-state index contributed by atoms with van der Waals surface area (Å²) in [5.74, 6) is -0.219. The van der Waals surface area contributed by atoms with Crippen LogP contribution in [0.2, 0.25) is 0 Å². The lowest BCUT2D eigenvalue weighted by Gasteiger charge is -2.21. The summed E-state index contributed by atoms with van der Waals surface area (Å²) in [5.41, 5.74) is 0.717. The monoisotopic (exact) mass is 339 g/mol. The van der Waals surface area contributed by atoms with Crippen LogP contribution in [0.1, 0.15) is 12.8 Å². The van der Waals surface area contributed by atoms with E-state index in [2.05, 4.69) is 31.9 Å². The minimum absolute atomic E-state index is 0.0127. The Morgan fingerprint density at radius 1 is 1.20 bits per heavy atom. The Morgan fingerprint density at radius 3 is 2.50 bits per heavy atom. The third-order valence-electron chi connectivity index (χ3n) is 3.26. The molecule has 0 aliphatic carbocycles. The number of piperidine rings is 1. The van der Waals surface area contributed by atoms with Crippen LogP contribution in [0, 0.1) is 5.92 Å². The van der Waals surface area contributed by atoms with Crippen LogP contribution in [0.5, 0.6) is 0 Å². The molecule has 108 valence electrons. The van der Waals surface area contributed by atoms with Crippen molar-refractivity contribution in [2.75, 3.05) is 25.0 Å². The fourth-order valence-electron chi connectivity index (χ4n) is 2.13. The number of carbonyl (C=O) groups excluding carboxylic acids is 2. The largest absolute Gasteiger partial charge is 0.347 e. The zero-order chi connectivity index (χ0) is 14.4. The molecule has 0 radical (unpaired) electrons. The van der Waals surface area contributed by atoms with E-state index < -0.39 is 0 Å². The maximum Gasteiger partial charge on any atom is 0.243 e. The number of hydrogen-bond acceptors (Lipinski definition) is 3. The van der Waals surface area contributed by atoms with Gasteiger partial charge in [0.25, 0.3) is 0 Å². The Morgan fingerprint density at radius 2 is 1.85 bits per heavy atom. The summed E-state index contributed by atoms with van der Waals surface area (Å²) in [6.07, 6.45) is 1.67. The molecule has 0 saturated carbocycles. The van der Waals surface area contributed by atoms with Gasteiger partial charge in [0, 0.05) is 16.1 Å². The smallest absolute Gasteiger partial charge is 0.243 e. The van der Waals surface area contributed by atoms with Crippen molar-refractivity contribution in [3.8, 4) is 0 Å². The number of carbonyl (C=O) groups is 2. The number of hydrogen-bond donors (Lipinski definition) is 3. The minimum Gasteiger partial charge on any atom is -0.347 e. The molecule has 6 heteroatoms. The predicted molar refractivity (Wildman–Crippen MR) is 81.4 cm³/mol. The van der Waals surface area contributed by atoms with E-state index in [-0.39, 0.29) is 24.3 Å². The SMILES string of the molecule is O=C(CNC(=O)C1CCNCC1)Nc1ccc(Br)cc1. The van der Waals surface area contributed by atoms with Gasteiger partial charge < -0.3 is 16.0 Å². The lowest BCUT2D eigenvalue weighted by atomic mass is 9.97. The van der Waals surface area contributed by atoms with E-state index in [1.54, 1.807) is 12.1 Å². The highest BCUT2D eigenvalue weighted by atomic mass is 79.9. The van der Waals surface area contributed by atoms with Gasteiger partial charge in [-0.05, 0) is 50.2 Å². The Balaban J connectivity index is 1.74. The summed E-state index contributed by atoms with van der Waals surface area (Å²) >= 11 is 3.33. The van der Waals surface area contributed by atoms with Crippen LogP contribution < -0.4 is 16.0 Å². The van der Waals surface area contributed by atoms with Crippen molar-refractivity contribution in [2.24, 2.45) is 5.92 Å². The van der Waals surface area contributed by atoms with Gasteiger partial charge in [-0.15, -0.1) is 0 Å². The molecule has 20 heavy (non-hydrogen) atoms. The van der Waals surface area contributed by atoms with Crippen molar-refractivity contribution < 1.29 is 9.59 Å². The first-order valence-corrected chi connectivity index (χ1v) is 7.48. The van der Waals surface area contributed by atoms with E-state index in [4.69, 9.17) is 0 Å². The molecule has 0 bridgehead atoms.